The Morgan fingerprint density at radius 1 is 0.875 bits per heavy atom. The first-order valence-electron chi connectivity index (χ1n) is 6.16. The maximum atomic E-state index is 3.42. The van der Waals surface area contributed by atoms with Gasteiger partial charge in [0.2, 0.25) is 0 Å². The topological polar surface area (TPSA) is 15.8 Å². The van der Waals surface area contributed by atoms with Crippen LogP contribution in [0.25, 0.3) is 0 Å². The van der Waals surface area contributed by atoms with Crippen LogP contribution in [0.3, 0.4) is 0 Å². The fraction of sp³-hybridized carbons (Fsp3) is 0.733. The highest BCUT2D eigenvalue weighted by atomic mass is 14.7. The molecular formula is C15H27N. The second-order valence-electron chi connectivity index (χ2n) is 7.39. The zero-order valence-corrected chi connectivity index (χ0v) is 12.2. The van der Waals surface area contributed by atoms with E-state index in [2.05, 4.69) is 72.6 Å². The second-order valence-corrected chi connectivity index (χ2v) is 7.39. The molecule has 0 bridgehead atoms. The smallest absolute Gasteiger partial charge is 0.0239 e. The fourth-order valence-electron chi connectivity index (χ4n) is 1.91. The van der Waals surface area contributed by atoms with Crippen LogP contribution in [0.4, 0.5) is 0 Å². The lowest BCUT2D eigenvalue weighted by molar-refractivity contribution is 0.222. The van der Waals surface area contributed by atoms with Gasteiger partial charge >= 0.3 is 0 Å². The Morgan fingerprint density at radius 2 is 1.38 bits per heavy atom. The highest BCUT2D eigenvalue weighted by Gasteiger charge is 2.38. The van der Waals surface area contributed by atoms with Crippen molar-refractivity contribution in [1.82, 2.24) is 4.98 Å². The van der Waals surface area contributed by atoms with Crippen LogP contribution in [-0.4, -0.2) is 4.98 Å². The molecule has 92 valence electrons. The van der Waals surface area contributed by atoms with Crippen LogP contribution in [-0.2, 0) is 10.8 Å². The van der Waals surface area contributed by atoms with E-state index in [1.165, 1.54) is 11.3 Å². The number of aromatic nitrogens is 1. The summed E-state index contributed by atoms with van der Waals surface area (Å²) in [4.78, 5) is 3.42. The van der Waals surface area contributed by atoms with Gasteiger partial charge in [0.1, 0.15) is 0 Å². The maximum Gasteiger partial charge on any atom is 0.0239 e. The minimum Gasteiger partial charge on any atom is -0.364 e. The lowest BCUT2D eigenvalue weighted by atomic mass is 9.64. The monoisotopic (exact) mass is 221 g/mol. The number of hydrogen-bond acceptors (Lipinski definition) is 0. The zero-order chi connectivity index (χ0) is 12.8. The number of hydrogen-bond donors (Lipinski definition) is 1. The molecule has 16 heavy (non-hydrogen) atoms. The van der Waals surface area contributed by atoms with Crippen LogP contribution >= 0.6 is 0 Å². The van der Waals surface area contributed by atoms with Crippen molar-refractivity contribution >= 4 is 0 Å². The van der Waals surface area contributed by atoms with Crippen molar-refractivity contribution in [2.24, 2.45) is 5.41 Å². The highest BCUT2D eigenvalue weighted by molar-refractivity contribution is 5.34. The summed E-state index contributed by atoms with van der Waals surface area (Å²) < 4.78 is 0. The van der Waals surface area contributed by atoms with Gasteiger partial charge in [-0.3, -0.25) is 0 Å². The minimum absolute atomic E-state index is 0.176. The van der Waals surface area contributed by atoms with E-state index in [4.69, 9.17) is 0 Å². The molecule has 0 aliphatic rings. The summed E-state index contributed by atoms with van der Waals surface area (Å²) in [6.45, 7) is 18.4. The first-order valence-corrected chi connectivity index (χ1v) is 6.16. The van der Waals surface area contributed by atoms with Crippen LogP contribution in [0, 0.1) is 5.41 Å². The van der Waals surface area contributed by atoms with E-state index in [1.807, 2.05) is 0 Å². The van der Waals surface area contributed by atoms with E-state index in [0.717, 1.165) is 0 Å². The number of rotatable bonds is 1. The van der Waals surface area contributed by atoms with E-state index in [9.17, 15) is 0 Å². The van der Waals surface area contributed by atoms with E-state index in [-0.39, 0.29) is 16.2 Å². The standard InChI is InChI=1S/C15H27N/c1-13(2,3)12-11(9-10-16-12)15(7,8)14(4,5)6/h9-10,16H,1-8H3. The Labute approximate surface area is 101 Å². The molecule has 0 aliphatic heterocycles. The second kappa shape index (κ2) is 3.65. The van der Waals surface area contributed by atoms with Gasteiger partial charge < -0.3 is 4.98 Å². The van der Waals surface area contributed by atoms with Gasteiger partial charge in [0, 0.05) is 17.3 Å². The summed E-state index contributed by atoms with van der Waals surface area (Å²) >= 11 is 0. The van der Waals surface area contributed by atoms with Gasteiger partial charge in [-0.15, -0.1) is 0 Å². The molecule has 1 N–H and O–H groups in total. The van der Waals surface area contributed by atoms with Crippen LogP contribution in [0.5, 0.6) is 0 Å². The predicted octanol–water partition coefficient (Wildman–Crippen LogP) is 4.64. The third-order valence-corrected chi connectivity index (χ3v) is 4.05. The molecule has 1 heteroatoms. The summed E-state index contributed by atoms with van der Waals surface area (Å²) in [6.07, 6.45) is 2.07. The number of nitrogens with one attached hydrogen (secondary N) is 1. The average molecular weight is 221 g/mol. The molecule has 0 radical (unpaired) electrons. The van der Waals surface area contributed by atoms with Crippen LogP contribution in [0.15, 0.2) is 12.3 Å². The SMILES string of the molecule is CC(C)(C)c1[nH]ccc1C(C)(C)C(C)(C)C. The first-order chi connectivity index (χ1) is 6.98. The predicted molar refractivity (Wildman–Crippen MR) is 72.0 cm³/mol. The summed E-state index contributed by atoms with van der Waals surface area (Å²) in [5.74, 6) is 0. The molecule has 0 unspecified atom stereocenters. The largest absolute Gasteiger partial charge is 0.364 e. The Balaban J connectivity index is 3.31. The van der Waals surface area contributed by atoms with Crippen molar-refractivity contribution in [3.8, 4) is 0 Å². The van der Waals surface area contributed by atoms with Crippen molar-refractivity contribution in [3.63, 3.8) is 0 Å². The molecule has 0 saturated heterocycles. The molecule has 0 spiro atoms. The Hall–Kier alpha value is -0.720. The lowest BCUT2D eigenvalue weighted by Crippen LogP contribution is -2.35. The molecule has 0 aromatic carbocycles. The third-order valence-electron chi connectivity index (χ3n) is 4.05. The Morgan fingerprint density at radius 3 is 1.75 bits per heavy atom. The summed E-state index contributed by atoms with van der Waals surface area (Å²) in [5.41, 5.74) is 3.44. The average Bonchev–Trinajstić information content (AvgIpc) is 2.47. The van der Waals surface area contributed by atoms with Crippen molar-refractivity contribution in [1.29, 1.82) is 0 Å². The molecule has 1 aromatic heterocycles. The number of H-pyrrole nitrogens is 1. The normalized spacial score (nSPS) is 14.2. The third kappa shape index (κ3) is 2.18. The van der Waals surface area contributed by atoms with Crippen molar-refractivity contribution in [2.75, 3.05) is 0 Å². The molecule has 0 saturated carbocycles. The van der Waals surface area contributed by atoms with E-state index >= 15 is 0 Å². The van der Waals surface area contributed by atoms with Gasteiger partial charge in [0.25, 0.3) is 0 Å². The molecule has 1 nitrogen and oxygen atoms in total. The molecule has 1 aromatic rings. The van der Waals surface area contributed by atoms with Crippen LogP contribution < -0.4 is 0 Å². The molecule has 1 rings (SSSR count). The molecule has 0 amide bonds. The van der Waals surface area contributed by atoms with Gasteiger partial charge in [-0.25, -0.2) is 0 Å². The summed E-state index contributed by atoms with van der Waals surface area (Å²) in [7, 11) is 0. The van der Waals surface area contributed by atoms with Gasteiger partial charge in [0.05, 0.1) is 0 Å². The maximum absolute atomic E-state index is 3.42. The van der Waals surface area contributed by atoms with Gasteiger partial charge in [0.15, 0.2) is 0 Å². The van der Waals surface area contributed by atoms with Crippen LogP contribution in [0.1, 0.15) is 66.6 Å². The lowest BCUT2D eigenvalue weighted by Gasteiger charge is -2.41. The summed E-state index contributed by atoms with van der Waals surface area (Å²) in [5, 5.41) is 0. The van der Waals surface area contributed by atoms with E-state index in [0.29, 0.717) is 0 Å². The molecule has 0 aliphatic carbocycles. The van der Waals surface area contributed by atoms with Crippen molar-refractivity contribution in [2.45, 2.75) is 66.2 Å². The quantitative estimate of drug-likeness (QED) is 0.711. The Kier molecular flexibility index (Phi) is 3.04. The highest BCUT2D eigenvalue weighted by Crippen LogP contribution is 2.44. The first kappa shape index (κ1) is 13.3. The van der Waals surface area contributed by atoms with Gasteiger partial charge in [-0.1, -0.05) is 55.4 Å². The number of aromatic amines is 1. The van der Waals surface area contributed by atoms with Gasteiger partial charge in [-0.05, 0) is 22.5 Å². The molecule has 1 heterocycles. The van der Waals surface area contributed by atoms with Gasteiger partial charge in [-0.2, -0.15) is 0 Å². The molecule has 0 atom stereocenters. The Bertz CT molecular complexity index is 356. The zero-order valence-electron chi connectivity index (χ0n) is 12.2. The fourth-order valence-corrected chi connectivity index (χ4v) is 1.91. The summed E-state index contributed by atoms with van der Waals surface area (Å²) in [6, 6.07) is 2.24. The minimum atomic E-state index is 0.176. The van der Waals surface area contributed by atoms with Crippen molar-refractivity contribution < 1.29 is 0 Å². The van der Waals surface area contributed by atoms with Crippen LogP contribution in [0.2, 0.25) is 0 Å². The van der Waals surface area contributed by atoms with E-state index in [1.54, 1.807) is 0 Å². The molecular weight excluding hydrogens is 194 g/mol. The van der Waals surface area contributed by atoms with Crippen molar-refractivity contribution in [3.05, 3.63) is 23.5 Å². The molecule has 0 fully saturated rings. The van der Waals surface area contributed by atoms with E-state index < -0.39 is 0 Å².